The molecule has 0 saturated carbocycles. The van der Waals surface area contributed by atoms with Crippen molar-refractivity contribution < 1.29 is 26.7 Å². The van der Waals surface area contributed by atoms with Gasteiger partial charge in [-0.3, -0.25) is 20.2 Å². The molecule has 2 N–H and O–H groups in total. The Bertz CT molecular complexity index is 1150. The molecular weight excluding hydrogens is 452 g/mol. The highest BCUT2D eigenvalue weighted by Crippen LogP contribution is 2.18. The molecule has 14 heteroatoms. The number of rotatable bonds is 11. The maximum absolute atomic E-state index is 12.5. The summed E-state index contributed by atoms with van der Waals surface area (Å²) in [7, 11) is -7.89. The van der Waals surface area contributed by atoms with E-state index in [9.17, 15) is 37.1 Å². The largest absolute Gasteiger partial charge is 0.269 e. The van der Waals surface area contributed by atoms with E-state index in [1.807, 2.05) is 0 Å². The quantitative estimate of drug-likeness (QED) is 0.368. The van der Waals surface area contributed by atoms with Crippen LogP contribution in [0.3, 0.4) is 0 Å². The molecule has 0 aliphatic heterocycles. The van der Waals surface area contributed by atoms with Crippen LogP contribution in [0.4, 0.5) is 11.4 Å². The molecule has 1 atom stereocenters. The lowest BCUT2D eigenvalue weighted by Gasteiger charge is -2.17. The Morgan fingerprint density at radius 1 is 0.806 bits per heavy atom. The van der Waals surface area contributed by atoms with Crippen LogP contribution in [0.2, 0.25) is 0 Å². The highest BCUT2D eigenvalue weighted by molar-refractivity contribution is 7.89. The minimum atomic E-state index is -3.96. The van der Waals surface area contributed by atoms with E-state index in [2.05, 4.69) is 9.44 Å². The SMILES string of the molecule is CCC(CCNS(=O)(=O)c1ccc([N+](=O)[O-])cc1)NS(=O)(=O)c1ccc([N+](=O)[O-])cc1. The summed E-state index contributed by atoms with van der Waals surface area (Å²) in [4.78, 5) is 19.8. The van der Waals surface area contributed by atoms with Crippen molar-refractivity contribution in [3.05, 3.63) is 68.8 Å². The zero-order valence-electron chi connectivity index (χ0n) is 16.3. The van der Waals surface area contributed by atoms with E-state index in [1.54, 1.807) is 6.92 Å². The van der Waals surface area contributed by atoms with Crippen molar-refractivity contribution in [1.29, 1.82) is 0 Å². The van der Waals surface area contributed by atoms with Gasteiger partial charge in [-0.15, -0.1) is 0 Å². The third-order valence-corrected chi connectivity index (χ3v) is 7.33. The Morgan fingerprint density at radius 2 is 1.23 bits per heavy atom. The Kier molecular flexibility index (Phi) is 7.78. The van der Waals surface area contributed by atoms with Crippen LogP contribution >= 0.6 is 0 Å². The lowest BCUT2D eigenvalue weighted by Crippen LogP contribution is -2.37. The maximum atomic E-state index is 12.5. The van der Waals surface area contributed by atoms with Gasteiger partial charge in [0.25, 0.3) is 11.4 Å². The van der Waals surface area contributed by atoms with Gasteiger partial charge in [0, 0.05) is 36.9 Å². The van der Waals surface area contributed by atoms with E-state index in [0.29, 0.717) is 6.42 Å². The Hall–Kier alpha value is -2.94. The molecule has 0 amide bonds. The monoisotopic (exact) mass is 472 g/mol. The van der Waals surface area contributed by atoms with Gasteiger partial charge in [-0.05, 0) is 37.1 Å². The molecule has 31 heavy (non-hydrogen) atoms. The summed E-state index contributed by atoms with van der Waals surface area (Å²) >= 11 is 0. The average molecular weight is 473 g/mol. The third-order valence-electron chi connectivity index (χ3n) is 4.32. The molecule has 0 bridgehead atoms. The van der Waals surface area contributed by atoms with Gasteiger partial charge in [-0.25, -0.2) is 26.3 Å². The first-order valence-electron chi connectivity index (χ1n) is 8.97. The highest BCUT2D eigenvalue weighted by atomic mass is 32.2. The molecule has 0 spiro atoms. The molecule has 0 aliphatic rings. The lowest BCUT2D eigenvalue weighted by molar-refractivity contribution is -0.385. The summed E-state index contributed by atoms with van der Waals surface area (Å²) in [5.41, 5.74) is -0.489. The van der Waals surface area contributed by atoms with E-state index in [1.165, 1.54) is 0 Å². The Balaban J connectivity index is 1.99. The van der Waals surface area contributed by atoms with Crippen molar-refractivity contribution in [2.75, 3.05) is 6.54 Å². The third kappa shape index (κ3) is 6.52. The number of nitrogens with one attached hydrogen (secondary N) is 2. The second-order valence-corrected chi connectivity index (χ2v) is 9.90. The minimum Gasteiger partial charge on any atom is -0.258 e. The average Bonchev–Trinajstić information content (AvgIpc) is 2.72. The van der Waals surface area contributed by atoms with Gasteiger partial charge >= 0.3 is 0 Å². The van der Waals surface area contributed by atoms with Gasteiger partial charge in [0.15, 0.2) is 0 Å². The van der Waals surface area contributed by atoms with Crippen LogP contribution in [-0.4, -0.2) is 39.3 Å². The Labute approximate surface area is 178 Å². The van der Waals surface area contributed by atoms with Crippen molar-refractivity contribution in [3.63, 3.8) is 0 Å². The molecule has 2 aromatic rings. The molecule has 0 fully saturated rings. The lowest BCUT2D eigenvalue weighted by atomic mass is 10.2. The fourth-order valence-corrected chi connectivity index (χ4v) is 4.98. The summed E-state index contributed by atoms with van der Waals surface area (Å²) in [6.45, 7) is 1.63. The Morgan fingerprint density at radius 3 is 1.61 bits per heavy atom. The first-order chi connectivity index (χ1) is 14.5. The van der Waals surface area contributed by atoms with Crippen LogP contribution in [0.1, 0.15) is 19.8 Å². The van der Waals surface area contributed by atoms with Crippen LogP contribution in [0, 0.1) is 20.2 Å². The predicted octanol–water partition coefficient (Wildman–Crippen LogP) is 1.93. The predicted molar refractivity (Wildman–Crippen MR) is 110 cm³/mol. The van der Waals surface area contributed by atoms with E-state index in [-0.39, 0.29) is 34.1 Å². The molecule has 0 radical (unpaired) electrons. The zero-order valence-corrected chi connectivity index (χ0v) is 17.9. The number of nitro groups is 2. The molecule has 0 heterocycles. The first kappa shape index (κ1) is 24.3. The highest BCUT2D eigenvalue weighted by Gasteiger charge is 2.21. The van der Waals surface area contributed by atoms with Crippen molar-refractivity contribution >= 4 is 31.4 Å². The fraction of sp³-hybridized carbons (Fsp3) is 0.294. The van der Waals surface area contributed by atoms with Crippen molar-refractivity contribution in [3.8, 4) is 0 Å². The molecular formula is C17H20N4O8S2. The van der Waals surface area contributed by atoms with Gasteiger partial charge in [0.2, 0.25) is 20.0 Å². The number of non-ortho nitro benzene ring substituents is 2. The fourth-order valence-electron chi connectivity index (χ4n) is 2.58. The number of nitrogens with zero attached hydrogens (tertiary/aromatic N) is 2. The second-order valence-electron chi connectivity index (χ2n) is 6.41. The zero-order chi connectivity index (χ0) is 23.2. The number of benzene rings is 2. The number of nitro benzene ring substituents is 2. The van der Waals surface area contributed by atoms with Crippen LogP contribution in [0.25, 0.3) is 0 Å². The molecule has 2 aromatic carbocycles. The molecule has 0 saturated heterocycles. The first-order valence-corrected chi connectivity index (χ1v) is 11.9. The maximum Gasteiger partial charge on any atom is 0.269 e. The smallest absolute Gasteiger partial charge is 0.258 e. The van der Waals surface area contributed by atoms with E-state index in [4.69, 9.17) is 0 Å². The standard InChI is InChI=1S/C17H20N4O8S2/c1-2-13(19-31(28,29)17-9-5-15(6-10-17)21(24)25)11-12-18-30(26,27)16-7-3-14(4-8-16)20(22)23/h3-10,13,18-19H,2,11-12H2,1H3. The summed E-state index contributed by atoms with van der Waals surface area (Å²) in [5.74, 6) is 0. The van der Waals surface area contributed by atoms with Crippen molar-refractivity contribution in [1.82, 2.24) is 9.44 Å². The summed E-state index contributed by atoms with van der Waals surface area (Å²) < 4.78 is 54.3. The van der Waals surface area contributed by atoms with Crippen LogP contribution in [-0.2, 0) is 20.0 Å². The summed E-state index contributed by atoms with van der Waals surface area (Å²) in [6, 6.07) is 8.14. The number of sulfonamides is 2. The van der Waals surface area contributed by atoms with Crippen LogP contribution in [0.5, 0.6) is 0 Å². The van der Waals surface area contributed by atoms with Gasteiger partial charge < -0.3 is 0 Å². The van der Waals surface area contributed by atoms with Gasteiger partial charge in [0.1, 0.15) is 0 Å². The van der Waals surface area contributed by atoms with E-state index in [0.717, 1.165) is 48.5 Å². The molecule has 168 valence electrons. The van der Waals surface area contributed by atoms with Gasteiger partial charge in [0.05, 0.1) is 19.6 Å². The van der Waals surface area contributed by atoms with Gasteiger partial charge in [-0.2, -0.15) is 0 Å². The molecule has 2 rings (SSSR count). The molecule has 12 nitrogen and oxygen atoms in total. The van der Waals surface area contributed by atoms with Crippen LogP contribution in [0.15, 0.2) is 58.3 Å². The van der Waals surface area contributed by atoms with E-state index >= 15 is 0 Å². The van der Waals surface area contributed by atoms with E-state index < -0.39 is 35.9 Å². The van der Waals surface area contributed by atoms with Gasteiger partial charge in [-0.1, -0.05) is 6.92 Å². The molecule has 1 unspecified atom stereocenters. The molecule has 0 aliphatic carbocycles. The topological polar surface area (TPSA) is 179 Å². The summed E-state index contributed by atoms with van der Waals surface area (Å²) in [5, 5.41) is 21.3. The van der Waals surface area contributed by atoms with Crippen LogP contribution < -0.4 is 9.44 Å². The summed E-state index contributed by atoms with van der Waals surface area (Å²) in [6.07, 6.45) is 0.500. The molecule has 0 aromatic heterocycles. The minimum absolute atomic E-state index is 0.0827. The van der Waals surface area contributed by atoms with Crippen molar-refractivity contribution in [2.24, 2.45) is 0 Å². The normalized spacial score (nSPS) is 12.9. The number of hydrogen-bond donors (Lipinski definition) is 2. The number of hydrogen-bond acceptors (Lipinski definition) is 8. The van der Waals surface area contributed by atoms with Crippen molar-refractivity contribution in [2.45, 2.75) is 35.6 Å². The second kappa shape index (κ2) is 9.91.